The summed E-state index contributed by atoms with van der Waals surface area (Å²) in [5.74, 6) is 1.36. The standard InChI is InChI=1S/C25H25N7O5S/c1-12-27-24(32(30-12)16-10-19-15(9-17(16)34-3)28-13(2)38-19)23-21(33)20(29-31-26)22-18(36-23)11-35-25(37-22)14-7-5-4-6-8-14/h4-10,18,20-23,25,33H,11H2,1-3H3/t18?,20?,21?,22-,23+,25?/m0/s1. The number of aromatic nitrogens is 4. The van der Waals surface area contributed by atoms with E-state index in [1.165, 1.54) is 0 Å². The lowest BCUT2D eigenvalue weighted by Gasteiger charge is -2.46. The van der Waals surface area contributed by atoms with Gasteiger partial charge < -0.3 is 24.1 Å². The third-order valence-corrected chi connectivity index (χ3v) is 7.58. The van der Waals surface area contributed by atoms with Crippen LogP contribution in [0.15, 0.2) is 47.6 Å². The average Bonchev–Trinajstić information content (AvgIpc) is 3.50. The molecule has 38 heavy (non-hydrogen) atoms. The third kappa shape index (κ3) is 4.29. The SMILES string of the molecule is COc1cc2nc(C)sc2cc1-n1nc(C)nc1[C@@H]1OC2COC(c3ccccc3)O[C@@H]2C(N=[N+]=[N-])C1O. The van der Waals surface area contributed by atoms with Gasteiger partial charge in [0.25, 0.3) is 0 Å². The van der Waals surface area contributed by atoms with Crippen molar-refractivity contribution in [3.63, 3.8) is 0 Å². The number of fused-ring (bicyclic) bond motifs is 2. The second-order valence-corrected chi connectivity index (χ2v) is 10.3. The van der Waals surface area contributed by atoms with E-state index in [1.54, 1.807) is 30.1 Å². The molecular formula is C25H25N7O5S. The number of hydrogen-bond acceptors (Lipinski definition) is 10. The molecule has 12 nitrogen and oxygen atoms in total. The fraction of sp³-hybridized carbons (Fsp3) is 0.400. The maximum absolute atomic E-state index is 11.5. The Hall–Kier alpha value is -3.58. The molecule has 1 N–H and O–H groups in total. The normalized spacial score (nSPS) is 27.1. The second kappa shape index (κ2) is 9.95. The lowest BCUT2D eigenvalue weighted by molar-refractivity contribution is -0.309. The van der Waals surface area contributed by atoms with Crippen LogP contribution in [0.3, 0.4) is 0 Å². The van der Waals surface area contributed by atoms with E-state index in [-0.39, 0.29) is 6.61 Å². The summed E-state index contributed by atoms with van der Waals surface area (Å²) in [7, 11) is 1.57. The zero-order chi connectivity index (χ0) is 26.4. The number of azide groups is 1. The second-order valence-electron chi connectivity index (χ2n) is 9.11. The van der Waals surface area contributed by atoms with Gasteiger partial charge in [-0.25, -0.2) is 14.6 Å². The molecule has 0 aliphatic carbocycles. The van der Waals surface area contributed by atoms with E-state index in [0.29, 0.717) is 23.1 Å². The number of aliphatic hydroxyl groups is 1. The van der Waals surface area contributed by atoms with Crippen LogP contribution < -0.4 is 4.74 Å². The molecule has 4 unspecified atom stereocenters. The van der Waals surface area contributed by atoms with Crippen molar-refractivity contribution in [1.82, 2.24) is 19.7 Å². The Morgan fingerprint density at radius 3 is 2.76 bits per heavy atom. The molecule has 2 saturated heterocycles. The first-order chi connectivity index (χ1) is 18.5. The van der Waals surface area contributed by atoms with Gasteiger partial charge in [-0.15, -0.1) is 11.3 Å². The lowest BCUT2D eigenvalue weighted by Crippen LogP contribution is -2.58. The number of methoxy groups -OCH3 is 1. The van der Waals surface area contributed by atoms with Gasteiger partial charge in [-0.05, 0) is 25.4 Å². The van der Waals surface area contributed by atoms with Crippen molar-refractivity contribution < 1.29 is 24.1 Å². The zero-order valence-electron chi connectivity index (χ0n) is 20.8. The number of thiazole rings is 1. The molecule has 2 fully saturated rings. The summed E-state index contributed by atoms with van der Waals surface area (Å²) >= 11 is 1.55. The van der Waals surface area contributed by atoms with Gasteiger partial charge in [-0.1, -0.05) is 35.4 Å². The maximum atomic E-state index is 11.5. The van der Waals surface area contributed by atoms with E-state index in [2.05, 4.69) is 25.1 Å². The van der Waals surface area contributed by atoms with Crippen LogP contribution >= 0.6 is 11.3 Å². The number of benzene rings is 2. The van der Waals surface area contributed by atoms with Gasteiger partial charge >= 0.3 is 0 Å². The van der Waals surface area contributed by atoms with Crippen molar-refractivity contribution >= 4 is 21.6 Å². The Bertz CT molecular complexity index is 1520. The van der Waals surface area contributed by atoms with Crippen molar-refractivity contribution in [3.8, 4) is 11.4 Å². The van der Waals surface area contributed by atoms with Crippen LogP contribution in [0.1, 0.15) is 34.6 Å². The summed E-state index contributed by atoms with van der Waals surface area (Å²) in [6, 6.07) is 12.3. The summed E-state index contributed by atoms with van der Waals surface area (Å²) in [5.41, 5.74) is 11.6. The number of nitrogens with zero attached hydrogens (tertiary/aromatic N) is 7. The summed E-state index contributed by atoms with van der Waals surface area (Å²) in [4.78, 5) is 12.1. The van der Waals surface area contributed by atoms with Crippen molar-refractivity contribution in [3.05, 3.63) is 75.1 Å². The minimum atomic E-state index is -1.26. The van der Waals surface area contributed by atoms with Crippen molar-refractivity contribution in [2.24, 2.45) is 5.11 Å². The Kier molecular flexibility index (Phi) is 6.48. The third-order valence-electron chi connectivity index (χ3n) is 6.65. The zero-order valence-corrected chi connectivity index (χ0v) is 21.6. The molecule has 0 amide bonds. The molecule has 2 aromatic heterocycles. The van der Waals surface area contributed by atoms with E-state index >= 15 is 0 Å². The molecule has 4 aromatic rings. The monoisotopic (exact) mass is 535 g/mol. The van der Waals surface area contributed by atoms with Crippen LogP contribution in [-0.2, 0) is 14.2 Å². The molecule has 2 aromatic carbocycles. The molecule has 13 heteroatoms. The molecule has 6 rings (SSSR count). The van der Waals surface area contributed by atoms with Crippen LogP contribution in [0.2, 0.25) is 0 Å². The average molecular weight is 536 g/mol. The molecular weight excluding hydrogens is 510 g/mol. The minimum Gasteiger partial charge on any atom is -0.494 e. The van der Waals surface area contributed by atoms with Crippen molar-refractivity contribution in [1.29, 1.82) is 0 Å². The molecule has 0 spiro atoms. The van der Waals surface area contributed by atoms with Gasteiger partial charge in [-0.2, -0.15) is 5.10 Å². The first-order valence-electron chi connectivity index (χ1n) is 12.1. The summed E-state index contributed by atoms with van der Waals surface area (Å²) in [6.45, 7) is 3.87. The quantitative estimate of drug-likeness (QED) is 0.228. The van der Waals surface area contributed by atoms with Crippen molar-refractivity contribution in [2.75, 3.05) is 13.7 Å². The number of hydrogen-bond donors (Lipinski definition) is 1. The largest absolute Gasteiger partial charge is 0.494 e. The molecule has 6 atom stereocenters. The molecule has 196 valence electrons. The first kappa shape index (κ1) is 24.7. The number of aryl methyl sites for hydroxylation is 2. The molecule has 4 heterocycles. The highest BCUT2D eigenvalue weighted by Gasteiger charge is 2.51. The van der Waals surface area contributed by atoms with E-state index in [4.69, 9.17) is 18.9 Å². The summed E-state index contributed by atoms with van der Waals surface area (Å²) < 4.78 is 26.7. The first-order valence-corrected chi connectivity index (χ1v) is 12.9. The summed E-state index contributed by atoms with van der Waals surface area (Å²) in [5, 5.41) is 20.9. The molecule has 0 saturated carbocycles. The lowest BCUT2D eigenvalue weighted by atomic mass is 9.91. The van der Waals surface area contributed by atoms with Crippen LogP contribution in [-0.4, -0.2) is 62.9 Å². The van der Waals surface area contributed by atoms with Crippen LogP contribution in [0, 0.1) is 13.8 Å². The van der Waals surface area contributed by atoms with Gasteiger partial charge in [0, 0.05) is 16.5 Å². The smallest absolute Gasteiger partial charge is 0.184 e. The maximum Gasteiger partial charge on any atom is 0.184 e. The van der Waals surface area contributed by atoms with Crippen LogP contribution in [0.4, 0.5) is 0 Å². The van der Waals surface area contributed by atoms with Gasteiger partial charge in [0.05, 0.1) is 41.1 Å². The highest BCUT2D eigenvalue weighted by Crippen LogP contribution is 2.41. The van der Waals surface area contributed by atoms with E-state index in [0.717, 1.165) is 20.8 Å². The number of aliphatic hydroxyl groups excluding tert-OH is 1. The minimum absolute atomic E-state index is 0.174. The predicted molar refractivity (Wildman–Crippen MR) is 137 cm³/mol. The number of ether oxygens (including phenoxy) is 4. The van der Waals surface area contributed by atoms with Crippen LogP contribution in [0.5, 0.6) is 5.75 Å². The Labute approximate surface area is 221 Å². The number of rotatable bonds is 5. The van der Waals surface area contributed by atoms with Gasteiger partial charge in [0.2, 0.25) is 0 Å². The topological polar surface area (TPSA) is 150 Å². The molecule has 0 radical (unpaired) electrons. The van der Waals surface area contributed by atoms with Gasteiger partial charge in [0.1, 0.15) is 35.6 Å². The van der Waals surface area contributed by atoms with Crippen molar-refractivity contribution in [2.45, 2.75) is 50.6 Å². The molecule has 2 aliphatic rings. The highest BCUT2D eigenvalue weighted by molar-refractivity contribution is 7.18. The summed E-state index contributed by atoms with van der Waals surface area (Å²) in [6.07, 6.45) is -4.25. The van der Waals surface area contributed by atoms with Crippen LogP contribution in [0.25, 0.3) is 26.3 Å². The Morgan fingerprint density at radius 1 is 1.18 bits per heavy atom. The fourth-order valence-electron chi connectivity index (χ4n) is 4.98. The van der Waals surface area contributed by atoms with E-state index in [9.17, 15) is 10.6 Å². The predicted octanol–water partition coefficient (Wildman–Crippen LogP) is 4.10. The van der Waals surface area contributed by atoms with Gasteiger partial charge in [-0.3, -0.25) is 0 Å². The fourth-order valence-corrected chi connectivity index (χ4v) is 5.82. The van der Waals surface area contributed by atoms with E-state index in [1.807, 2.05) is 49.4 Å². The highest BCUT2D eigenvalue weighted by atomic mass is 32.1. The Balaban J connectivity index is 1.38. The molecule has 2 aliphatic heterocycles. The molecule has 0 bridgehead atoms. The van der Waals surface area contributed by atoms with E-state index < -0.39 is 36.7 Å². The van der Waals surface area contributed by atoms with Gasteiger partial charge in [0.15, 0.2) is 12.1 Å². The Morgan fingerprint density at radius 2 is 2.00 bits per heavy atom.